The topological polar surface area (TPSA) is 29.1 Å². The summed E-state index contributed by atoms with van der Waals surface area (Å²) in [6.07, 6.45) is -0.305. The zero-order valence-corrected chi connectivity index (χ0v) is 12.7. The molecule has 0 radical (unpaired) electrons. The highest BCUT2D eigenvalue weighted by Gasteiger charge is 2.36. The molecule has 1 aliphatic rings. The lowest BCUT2D eigenvalue weighted by atomic mass is 9.95. The van der Waals surface area contributed by atoms with E-state index < -0.39 is 29.0 Å². The second kappa shape index (κ2) is 6.34. The molecule has 1 N–H and O–H groups in total. The van der Waals surface area contributed by atoms with Crippen molar-refractivity contribution in [1.29, 1.82) is 0 Å². The highest BCUT2D eigenvalue weighted by atomic mass is 79.9. The molecule has 1 aliphatic carbocycles. The van der Waals surface area contributed by atoms with Crippen molar-refractivity contribution >= 4 is 21.8 Å². The standard InChI is InChI=1S/C14H14BrF4NO/c15-10-7-6-9(14(17,18)19)12(16)11(10)13(21)20-8-4-2-1-3-5-8/h6-8H,1-5H2,(H,20,21). The van der Waals surface area contributed by atoms with Crippen molar-refractivity contribution in [1.82, 2.24) is 5.32 Å². The predicted molar refractivity (Wildman–Crippen MR) is 73.4 cm³/mol. The summed E-state index contributed by atoms with van der Waals surface area (Å²) in [4.78, 5) is 12.1. The van der Waals surface area contributed by atoms with Gasteiger partial charge in [0, 0.05) is 10.5 Å². The molecule has 1 saturated carbocycles. The largest absolute Gasteiger partial charge is 0.419 e. The fraction of sp³-hybridized carbons (Fsp3) is 0.500. The highest BCUT2D eigenvalue weighted by Crippen LogP contribution is 2.35. The summed E-state index contributed by atoms with van der Waals surface area (Å²) in [5.41, 5.74) is -2.02. The van der Waals surface area contributed by atoms with Crippen molar-refractivity contribution in [2.45, 2.75) is 44.3 Å². The summed E-state index contributed by atoms with van der Waals surface area (Å²) in [6.45, 7) is 0. The third kappa shape index (κ3) is 3.75. The maximum atomic E-state index is 14.0. The Morgan fingerprint density at radius 2 is 1.81 bits per heavy atom. The first-order valence-corrected chi connectivity index (χ1v) is 7.46. The van der Waals surface area contributed by atoms with Gasteiger partial charge in [-0.15, -0.1) is 0 Å². The molecule has 7 heteroatoms. The maximum absolute atomic E-state index is 14.0. The fourth-order valence-electron chi connectivity index (χ4n) is 2.48. The maximum Gasteiger partial charge on any atom is 0.419 e. The Bertz CT molecular complexity index is 539. The smallest absolute Gasteiger partial charge is 0.349 e. The number of carbonyl (C=O) groups excluding carboxylic acids is 1. The van der Waals surface area contributed by atoms with Gasteiger partial charge in [0.25, 0.3) is 5.91 Å². The van der Waals surface area contributed by atoms with Gasteiger partial charge in [0.1, 0.15) is 5.82 Å². The summed E-state index contributed by atoms with van der Waals surface area (Å²) in [5, 5.41) is 2.62. The van der Waals surface area contributed by atoms with Gasteiger partial charge in [-0.2, -0.15) is 13.2 Å². The molecule has 0 aromatic heterocycles. The molecule has 2 rings (SSSR count). The van der Waals surface area contributed by atoms with Gasteiger partial charge in [-0.25, -0.2) is 4.39 Å². The molecule has 1 aromatic carbocycles. The lowest BCUT2D eigenvalue weighted by Gasteiger charge is -2.23. The van der Waals surface area contributed by atoms with E-state index in [9.17, 15) is 22.4 Å². The van der Waals surface area contributed by atoms with Crippen LogP contribution in [0.3, 0.4) is 0 Å². The zero-order valence-electron chi connectivity index (χ0n) is 11.1. The number of hydrogen-bond acceptors (Lipinski definition) is 1. The molecular weight excluding hydrogens is 354 g/mol. The molecule has 0 unspecified atom stereocenters. The number of benzene rings is 1. The van der Waals surface area contributed by atoms with E-state index in [0.29, 0.717) is 6.07 Å². The number of alkyl halides is 3. The monoisotopic (exact) mass is 367 g/mol. The molecule has 21 heavy (non-hydrogen) atoms. The van der Waals surface area contributed by atoms with Crippen LogP contribution >= 0.6 is 15.9 Å². The fourth-order valence-corrected chi connectivity index (χ4v) is 2.97. The minimum absolute atomic E-state index is 0.0151. The van der Waals surface area contributed by atoms with Gasteiger partial charge < -0.3 is 5.32 Å². The SMILES string of the molecule is O=C(NC1CCCCC1)c1c(Br)ccc(C(F)(F)F)c1F. The van der Waals surface area contributed by atoms with E-state index in [-0.39, 0.29) is 10.5 Å². The number of rotatable bonds is 2. The van der Waals surface area contributed by atoms with Crippen molar-refractivity contribution in [3.8, 4) is 0 Å². The van der Waals surface area contributed by atoms with Crippen molar-refractivity contribution in [2.24, 2.45) is 0 Å². The molecule has 0 heterocycles. The number of carbonyl (C=O) groups is 1. The van der Waals surface area contributed by atoms with Crippen LogP contribution in [0.4, 0.5) is 17.6 Å². The third-order valence-electron chi connectivity index (χ3n) is 3.56. The van der Waals surface area contributed by atoms with Crippen LogP contribution in [0.15, 0.2) is 16.6 Å². The Kier molecular flexibility index (Phi) is 4.91. The zero-order chi connectivity index (χ0) is 15.6. The summed E-state index contributed by atoms with van der Waals surface area (Å²) in [5.74, 6) is -2.34. The summed E-state index contributed by atoms with van der Waals surface area (Å²) in [7, 11) is 0. The van der Waals surface area contributed by atoms with Crippen molar-refractivity contribution < 1.29 is 22.4 Å². The molecule has 1 amide bonds. The molecule has 1 fully saturated rings. The second-order valence-electron chi connectivity index (χ2n) is 5.09. The molecule has 116 valence electrons. The molecule has 1 aromatic rings. The third-order valence-corrected chi connectivity index (χ3v) is 4.22. The van der Waals surface area contributed by atoms with Crippen LogP contribution in [0.2, 0.25) is 0 Å². The number of amides is 1. The van der Waals surface area contributed by atoms with Crippen LogP contribution in [0.25, 0.3) is 0 Å². The molecule has 0 saturated heterocycles. The molecule has 0 spiro atoms. The van der Waals surface area contributed by atoms with Crippen molar-refractivity contribution in [2.75, 3.05) is 0 Å². The van der Waals surface area contributed by atoms with E-state index in [2.05, 4.69) is 21.2 Å². The summed E-state index contributed by atoms with van der Waals surface area (Å²) < 4.78 is 52.1. The van der Waals surface area contributed by atoms with Crippen molar-refractivity contribution in [3.63, 3.8) is 0 Å². The van der Waals surface area contributed by atoms with E-state index in [0.717, 1.165) is 38.2 Å². The van der Waals surface area contributed by atoms with Gasteiger partial charge in [0.2, 0.25) is 0 Å². The van der Waals surface area contributed by atoms with Crippen LogP contribution in [0.5, 0.6) is 0 Å². The van der Waals surface area contributed by atoms with Crippen LogP contribution in [0, 0.1) is 5.82 Å². The van der Waals surface area contributed by atoms with E-state index >= 15 is 0 Å². The van der Waals surface area contributed by atoms with Gasteiger partial charge >= 0.3 is 6.18 Å². The van der Waals surface area contributed by atoms with Crippen LogP contribution < -0.4 is 5.32 Å². The molecule has 0 atom stereocenters. The minimum Gasteiger partial charge on any atom is -0.349 e. The first kappa shape index (κ1) is 16.3. The first-order valence-electron chi connectivity index (χ1n) is 6.66. The lowest BCUT2D eigenvalue weighted by molar-refractivity contribution is -0.140. The Morgan fingerprint density at radius 1 is 1.19 bits per heavy atom. The molecule has 2 nitrogen and oxygen atoms in total. The van der Waals surface area contributed by atoms with Gasteiger partial charge in [-0.3, -0.25) is 4.79 Å². The second-order valence-corrected chi connectivity index (χ2v) is 5.94. The van der Waals surface area contributed by atoms with Gasteiger partial charge in [0.05, 0.1) is 11.1 Å². The molecule has 0 aliphatic heterocycles. The average molecular weight is 368 g/mol. The normalized spacial score (nSPS) is 16.8. The van der Waals surface area contributed by atoms with Gasteiger partial charge in [-0.05, 0) is 40.9 Å². The summed E-state index contributed by atoms with van der Waals surface area (Å²) >= 11 is 2.95. The van der Waals surface area contributed by atoms with Crippen LogP contribution in [-0.2, 0) is 6.18 Å². The van der Waals surface area contributed by atoms with E-state index in [1.165, 1.54) is 0 Å². The highest BCUT2D eigenvalue weighted by molar-refractivity contribution is 9.10. The minimum atomic E-state index is -4.83. The predicted octanol–water partition coefficient (Wildman–Crippen LogP) is 4.67. The Labute approximate surface area is 128 Å². The Balaban J connectivity index is 2.27. The number of hydrogen-bond donors (Lipinski definition) is 1. The quantitative estimate of drug-likeness (QED) is 0.756. The number of halogens is 5. The average Bonchev–Trinajstić information content (AvgIpc) is 2.38. The van der Waals surface area contributed by atoms with Crippen molar-refractivity contribution in [3.05, 3.63) is 33.5 Å². The first-order chi connectivity index (χ1) is 9.80. The van der Waals surface area contributed by atoms with Crippen LogP contribution in [-0.4, -0.2) is 11.9 Å². The van der Waals surface area contributed by atoms with E-state index in [1.54, 1.807) is 0 Å². The Hall–Kier alpha value is -1.11. The van der Waals surface area contributed by atoms with Gasteiger partial charge in [0.15, 0.2) is 0 Å². The van der Waals surface area contributed by atoms with E-state index in [1.807, 2.05) is 0 Å². The van der Waals surface area contributed by atoms with Gasteiger partial charge in [-0.1, -0.05) is 19.3 Å². The van der Waals surface area contributed by atoms with E-state index in [4.69, 9.17) is 0 Å². The molecule has 0 bridgehead atoms. The molecular formula is C14H14BrF4NO. The number of nitrogens with one attached hydrogen (secondary N) is 1. The Morgan fingerprint density at radius 3 is 2.38 bits per heavy atom. The van der Waals surface area contributed by atoms with Crippen LogP contribution in [0.1, 0.15) is 48.0 Å². The lowest BCUT2D eigenvalue weighted by Crippen LogP contribution is -2.37. The summed E-state index contributed by atoms with van der Waals surface area (Å²) in [6, 6.07) is 1.56.